The van der Waals surface area contributed by atoms with Crippen molar-refractivity contribution in [2.24, 2.45) is 12.0 Å². The first-order chi connectivity index (χ1) is 8.54. The third-order valence-electron chi connectivity index (χ3n) is 2.82. The number of aromatic nitrogens is 1. The van der Waals surface area contributed by atoms with Crippen LogP contribution in [0.4, 0.5) is 5.69 Å². The number of nitro groups is 1. The van der Waals surface area contributed by atoms with Gasteiger partial charge in [0.25, 0.3) is 5.69 Å². The Bertz CT molecular complexity index is 670. The van der Waals surface area contributed by atoms with Gasteiger partial charge in [-0.05, 0) is 6.92 Å². The molecule has 2 rings (SSSR count). The van der Waals surface area contributed by atoms with Gasteiger partial charge in [-0.2, -0.15) is 0 Å². The van der Waals surface area contributed by atoms with Crippen molar-refractivity contribution in [3.63, 3.8) is 0 Å². The molecular formula is C12H13N3O2S. The molecule has 0 N–H and O–H groups in total. The molecule has 0 unspecified atom stereocenters. The highest BCUT2D eigenvalue weighted by Crippen LogP contribution is 2.26. The van der Waals surface area contributed by atoms with Gasteiger partial charge in [0.2, 0.25) is 0 Å². The van der Waals surface area contributed by atoms with E-state index in [2.05, 4.69) is 4.99 Å². The van der Waals surface area contributed by atoms with Gasteiger partial charge < -0.3 is 4.57 Å². The molecule has 1 aromatic heterocycles. The molecule has 5 nitrogen and oxygen atoms in total. The van der Waals surface area contributed by atoms with Gasteiger partial charge in [-0.1, -0.05) is 12.1 Å². The Balaban J connectivity index is 2.61. The average molecular weight is 263 g/mol. The van der Waals surface area contributed by atoms with Crippen LogP contribution < -0.4 is 4.80 Å². The average Bonchev–Trinajstić information content (AvgIpc) is 2.71. The molecule has 0 amide bonds. The van der Waals surface area contributed by atoms with Crippen molar-refractivity contribution in [2.45, 2.75) is 6.92 Å². The van der Waals surface area contributed by atoms with Crippen LogP contribution in [0.2, 0.25) is 0 Å². The molecule has 0 bridgehead atoms. The van der Waals surface area contributed by atoms with Crippen LogP contribution in [0.25, 0.3) is 11.3 Å². The molecule has 0 saturated heterocycles. The fourth-order valence-electron chi connectivity index (χ4n) is 1.80. The van der Waals surface area contributed by atoms with E-state index in [1.807, 2.05) is 23.1 Å². The highest BCUT2D eigenvalue weighted by Gasteiger charge is 2.13. The number of nitro benzene ring substituents is 1. The number of hydrogen-bond donors (Lipinski definition) is 0. The summed E-state index contributed by atoms with van der Waals surface area (Å²) in [6, 6.07) is 5.27. The molecule has 0 atom stereocenters. The van der Waals surface area contributed by atoms with E-state index in [4.69, 9.17) is 0 Å². The maximum absolute atomic E-state index is 10.9. The Morgan fingerprint density at radius 3 is 2.72 bits per heavy atom. The van der Waals surface area contributed by atoms with Crippen molar-refractivity contribution in [1.29, 1.82) is 0 Å². The summed E-state index contributed by atoms with van der Waals surface area (Å²) in [5.41, 5.74) is 2.58. The predicted octanol–water partition coefficient (Wildman–Crippen LogP) is 2.50. The van der Waals surface area contributed by atoms with Crippen LogP contribution in [0.1, 0.15) is 5.56 Å². The van der Waals surface area contributed by atoms with Crippen LogP contribution in [-0.2, 0) is 7.05 Å². The van der Waals surface area contributed by atoms with Crippen molar-refractivity contribution in [3.05, 3.63) is 44.1 Å². The second-order valence-electron chi connectivity index (χ2n) is 3.94. The lowest BCUT2D eigenvalue weighted by atomic mass is 10.1. The number of thiazole rings is 1. The van der Waals surface area contributed by atoms with Crippen LogP contribution in [0, 0.1) is 17.0 Å². The zero-order valence-corrected chi connectivity index (χ0v) is 11.2. The first kappa shape index (κ1) is 12.5. The molecule has 0 saturated carbocycles. The summed E-state index contributed by atoms with van der Waals surface area (Å²) in [4.78, 5) is 15.6. The fourth-order valence-corrected chi connectivity index (χ4v) is 2.67. The van der Waals surface area contributed by atoms with Crippen LogP contribution in [0.5, 0.6) is 0 Å². The first-order valence-electron chi connectivity index (χ1n) is 5.37. The third-order valence-corrected chi connectivity index (χ3v) is 3.83. The summed E-state index contributed by atoms with van der Waals surface area (Å²) < 4.78 is 1.93. The van der Waals surface area contributed by atoms with E-state index in [0.717, 1.165) is 16.1 Å². The monoisotopic (exact) mass is 263 g/mol. The number of hydrogen-bond acceptors (Lipinski definition) is 4. The van der Waals surface area contributed by atoms with Gasteiger partial charge in [-0.25, -0.2) is 0 Å². The minimum Gasteiger partial charge on any atom is -0.320 e. The number of aryl methyl sites for hydroxylation is 1. The van der Waals surface area contributed by atoms with Gasteiger partial charge in [-0.15, -0.1) is 11.3 Å². The van der Waals surface area contributed by atoms with E-state index in [-0.39, 0.29) is 10.6 Å². The Hall–Kier alpha value is -1.95. The summed E-state index contributed by atoms with van der Waals surface area (Å²) in [7, 11) is 3.63. The molecule has 2 aromatic rings. The molecule has 1 heterocycles. The van der Waals surface area contributed by atoms with Gasteiger partial charge in [0.05, 0.1) is 10.6 Å². The van der Waals surface area contributed by atoms with E-state index in [0.29, 0.717) is 5.56 Å². The molecule has 6 heteroatoms. The topological polar surface area (TPSA) is 60.4 Å². The number of benzene rings is 1. The molecule has 0 aliphatic rings. The molecule has 94 valence electrons. The highest BCUT2D eigenvalue weighted by atomic mass is 32.1. The Labute approximate surface area is 108 Å². The first-order valence-corrected chi connectivity index (χ1v) is 6.25. The third kappa shape index (κ3) is 2.06. The summed E-state index contributed by atoms with van der Waals surface area (Å²) in [5.74, 6) is 0. The molecule has 0 aliphatic heterocycles. The predicted molar refractivity (Wildman–Crippen MR) is 71.6 cm³/mol. The molecule has 0 spiro atoms. The molecule has 0 fully saturated rings. The summed E-state index contributed by atoms with van der Waals surface area (Å²) >= 11 is 1.52. The minimum absolute atomic E-state index is 0.147. The number of rotatable bonds is 2. The van der Waals surface area contributed by atoms with E-state index < -0.39 is 0 Å². The quantitative estimate of drug-likeness (QED) is 0.617. The van der Waals surface area contributed by atoms with Crippen molar-refractivity contribution in [2.75, 3.05) is 7.05 Å². The highest BCUT2D eigenvalue weighted by molar-refractivity contribution is 7.07. The van der Waals surface area contributed by atoms with Crippen LogP contribution >= 0.6 is 11.3 Å². The van der Waals surface area contributed by atoms with E-state index in [9.17, 15) is 10.1 Å². The molecule has 0 aliphatic carbocycles. The van der Waals surface area contributed by atoms with Gasteiger partial charge in [-0.3, -0.25) is 15.1 Å². The Morgan fingerprint density at radius 1 is 1.44 bits per heavy atom. The fraction of sp³-hybridized carbons (Fsp3) is 0.250. The molecule has 1 aromatic carbocycles. The van der Waals surface area contributed by atoms with Crippen LogP contribution in [0.3, 0.4) is 0 Å². The normalized spacial score (nSPS) is 11.8. The largest absolute Gasteiger partial charge is 0.320 e. The molecular weight excluding hydrogens is 250 g/mol. The zero-order chi connectivity index (χ0) is 13.3. The van der Waals surface area contributed by atoms with E-state index in [1.54, 1.807) is 26.1 Å². The summed E-state index contributed by atoms with van der Waals surface area (Å²) in [6.45, 7) is 1.74. The maximum Gasteiger partial charge on any atom is 0.272 e. The van der Waals surface area contributed by atoms with Crippen molar-refractivity contribution < 1.29 is 4.92 Å². The zero-order valence-electron chi connectivity index (χ0n) is 10.4. The standard InChI is InChI=1S/C12H13N3O2S/c1-8-4-5-9(6-10(8)15(16)17)11-7-18-12(13-2)14(11)3/h4-7H,1-3H3. The van der Waals surface area contributed by atoms with E-state index in [1.165, 1.54) is 11.3 Å². The SMILES string of the molecule is CN=c1scc(-c2ccc(C)c([N+](=O)[O-])c2)n1C. The van der Waals surface area contributed by atoms with Crippen LogP contribution in [-0.4, -0.2) is 16.5 Å². The van der Waals surface area contributed by atoms with Gasteiger partial charge in [0.1, 0.15) is 0 Å². The minimum atomic E-state index is -0.351. The van der Waals surface area contributed by atoms with Crippen molar-refractivity contribution in [3.8, 4) is 11.3 Å². The van der Waals surface area contributed by atoms with Crippen molar-refractivity contribution in [1.82, 2.24) is 4.57 Å². The van der Waals surface area contributed by atoms with E-state index >= 15 is 0 Å². The second kappa shape index (κ2) is 4.73. The van der Waals surface area contributed by atoms with Gasteiger partial charge >= 0.3 is 0 Å². The lowest BCUT2D eigenvalue weighted by Crippen LogP contribution is -2.10. The van der Waals surface area contributed by atoms with Gasteiger partial charge in [0, 0.05) is 36.7 Å². The van der Waals surface area contributed by atoms with Crippen molar-refractivity contribution >= 4 is 17.0 Å². The molecule has 0 radical (unpaired) electrons. The molecule has 18 heavy (non-hydrogen) atoms. The lowest BCUT2D eigenvalue weighted by Gasteiger charge is -2.04. The van der Waals surface area contributed by atoms with Crippen LogP contribution in [0.15, 0.2) is 28.6 Å². The summed E-state index contributed by atoms with van der Waals surface area (Å²) in [6.07, 6.45) is 0. The smallest absolute Gasteiger partial charge is 0.272 e. The Morgan fingerprint density at radius 2 is 2.17 bits per heavy atom. The second-order valence-corrected chi connectivity index (χ2v) is 4.78. The maximum atomic E-state index is 10.9. The lowest BCUT2D eigenvalue weighted by molar-refractivity contribution is -0.385. The number of nitrogens with zero attached hydrogens (tertiary/aromatic N) is 3. The van der Waals surface area contributed by atoms with Gasteiger partial charge in [0.15, 0.2) is 4.80 Å². The Kier molecular flexibility index (Phi) is 3.29. The summed E-state index contributed by atoms with van der Waals surface area (Å²) in [5, 5.41) is 12.9.